The first-order chi connectivity index (χ1) is 66.4. The first-order valence-electron chi connectivity index (χ1n) is 44.4. The number of terminal acetylenes is 1. The molecule has 0 saturated carbocycles. The topological polar surface area (TPSA) is 409 Å². The number of aromatic nitrogens is 16. The highest BCUT2D eigenvalue weighted by atomic mass is 16.5. The van der Waals surface area contributed by atoms with E-state index in [-0.39, 0.29) is 47.8 Å². The number of rotatable bonds is 23. The van der Waals surface area contributed by atoms with Crippen LogP contribution in [0.15, 0.2) is 280 Å². The second kappa shape index (κ2) is 42.0. The molecular weight excluding hydrogens is 1720 g/mol. The Kier molecular flexibility index (Phi) is 28.1. The summed E-state index contributed by atoms with van der Waals surface area (Å²) in [6, 6.07) is 69.2. The Morgan fingerprint density at radius 3 is 0.890 bits per heavy atom. The molecule has 686 valence electrons. The molecule has 0 aliphatic carbocycles. The van der Waals surface area contributed by atoms with Gasteiger partial charge in [0.05, 0.1) is 52.3 Å². The van der Waals surface area contributed by atoms with Gasteiger partial charge >= 0.3 is 0 Å². The second-order valence-corrected chi connectivity index (χ2v) is 32.8. The number of carbonyl (C=O) groups is 4. The van der Waals surface area contributed by atoms with Crippen molar-refractivity contribution in [2.45, 2.75) is 56.8 Å². The summed E-state index contributed by atoms with van der Waals surface area (Å²) in [6.07, 6.45) is 24.3. The molecule has 4 aliphatic rings. The van der Waals surface area contributed by atoms with E-state index in [4.69, 9.17) is 73.4 Å². The number of amides is 4. The smallest absolute Gasteiger partial charge is 0.298 e. The molecule has 4 unspecified atom stereocenters. The number of benzene rings is 8. The number of nitrogen functional groups attached to an aromatic ring is 4. The molecule has 0 radical (unpaired) electrons. The normalized spacial score (nSPS) is 15.8. The van der Waals surface area contributed by atoms with Crippen molar-refractivity contribution in [2.75, 3.05) is 110 Å². The number of methoxy groups -OCH3 is 1. The fraction of sp³-hybridized carbons (Fsp3) is 0.216. The van der Waals surface area contributed by atoms with E-state index in [1.807, 2.05) is 284 Å². The van der Waals surface area contributed by atoms with Crippen LogP contribution >= 0.6 is 0 Å². The van der Waals surface area contributed by atoms with E-state index >= 15 is 0 Å². The summed E-state index contributed by atoms with van der Waals surface area (Å²) >= 11 is 0. The Morgan fingerprint density at radius 1 is 0.368 bits per heavy atom. The number of para-hydroxylation sites is 4. The number of ether oxygens (including phenoxy) is 5. The molecule has 136 heavy (non-hydrogen) atoms. The summed E-state index contributed by atoms with van der Waals surface area (Å²) in [5, 5.41) is 22.4. The van der Waals surface area contributed by atoms with Gasteiger partial charge in [0, 0.05) is 100 Å². The molecule has 8 N–H and O–H groups in total. The Morgan fingerprint density at radius 2 is 0.625 bits per heavy atom. The van der Waals surface area contributed by atoms with Gasteiger partial charge in [-0.1, -0.05) is 91.0 Å². The number of fused-ring (bicyclic) bond motifs is 4. The maximum Gasteiger partial charge on any atom is 0.298 e. The predicted molar refractivity (Wildman–Crippen MR) is 520 cm³/mol. The SMILES string of the molecule is C#CC(=O)N1CCC(n2nc(-c3ccc(Oc4ccccc4)cc3)c3c(N)ncnc32)C1.C/C=C/C(=O)N1CCC(n2nc(-c3ccc(Oc4ccccc4)cc3)c3c(N)ncnc32)C1.CN(C)C/C=C/C(=O)N1CCC(n2nc(-c3ccc(Oc4ccccc4)cc3)c3c(N)ncnc32)C1.COC/C=C/C(=O)N1CCC(n2nc(-c3ccc(Oc4ccccc4)cc3)c3c(N)ncnc32)C1. The lowest BCUT2D eigenvalue weighted by molar-refractivity contribution is -0.125. The van der Waals surface area contributed by atoms with Crippen molar-refractivity contribution >= 4 is 91.0 Å². The molecule has 20 rings (SSSR count). The zero-order valence-corrected chi connectivity index (χ0v) is 75.2. The molecule has 12 heterocycles. The molecule has 4 amide bonds. The van der Waals surface area contributed by atoms with Crippen molar-refractivity contribution in [1.29, 1.82) is 0 Å². The van der Waals surface area contributed by atoms with Gasteiger partial charge in [0.2, 0.25) is 17.7 Å². The number of hydrogen-bond donors (Lipinski definition) is 4. The molecule has 0 bridgehead atoms. The van der Waals surface area contributed by atoms with Gasteiger partial charge in [0.1, 0.15) is 117 Å². The number of allylic oxidation sites excluding steroid dienone is 1. The lowest BCUT2D eigenvalue weighted by Crippen LogP contribution is -2.28. The van der Waals surface area contributed by atoms with Crippen LogP contribution in [-0.4, -0.2) is 214 Å². The molecule has 34 heteroatoms. The highest BCUT2D eigenvalue weighted by Gasteiger charge is 2.36. The quantitative estimate of drug-likeness (QED) is 0.0341. The molecular formula is C102H99N25O9. The Hall–Kier alpha value is -17.1. The molecule has 8 aromatic heterocycles. The van der Waals surface area contributed by atoms with Crippen LogP contribution in [0.25, 0.3) is 89.2 Å². The van der Waals surface area contributed by atoms with Crippen LogP contribution in [0.4, 0.5) is 23.3 Å². The number of nitrogens with zero attached hydrogens (tertiary/aromatic N) is 21. The van der Waals surface area contributed by atoms with E-state index in [2.05, 4.69) is 45.8 Å². The van der Waals surface area contributed by atoms with Crippen molar-refractivity contribution in [2.24, 2.45) is 0 Å². The van der Waals surface area contributed by atoms with E-state index in [1.54, 1.807) is 42.4 Å². The van der Waals surface area contributed by atoms with Crippen LogP contribution in [0.5, 0.6) is 46.0 Å². The maximum atomic E-state index is 12.6. The number of likely N-dealkylation sites (N-methyl/N-ethyl adjacent to an activating group) is 1. The molecule has 4 fully saturated rings. The average Bonchev–Trinajstić information content (AvgIpc) is 1.62. The van der Waals surface area contributed by atoms with Crippen LogP contribution in [0, 0.1) is 12.3 Å². The van der Waals surface area contributed by atoms with Crippen molar-refractivity contribution < 1.29 is 42.9 Å². The average molecular weight is 1820 g/mol. The van der Waals surface area contributed by atoms with Gasteiger partial charge in [-0.15, -0.1) is 6.42 Å². The monoisotopic (exact) mass is 1820 g/mol. The zero-order chi connectivity index (χ0) is 94.1. The summed E-state index contributed by atoms with van der Waals surface area (Å²) in [5.41, 5.74) is 34.0. The van der Waals surface area contributed by atoms with Gasteiger partial charge in [-0.3, -0.25) is 19.2 Å². The van der Waals surface area contributed by atoms with Crippen LogP contribution < -0.4 is 41.9 Å². The zero-order valence-electron chi connectivity index (χ0n) is 75.2. The largest absolute Gasteiger partial charge is 0.457 e. The van der Waals surface area contributed by atoms with Crippen LogP contribution in [0.2, 0.25) is 0 Å². The molecule has 4 atom stereocenters. The number of likely N-dealkylation sites (tertiary alicyclic amines) is 4. The molecule has 4 saturated heterocycles. The first kappa shape index (κ1) is 90.9. The van der Waals surface area contributed by atoms with Crippen molar-refractivity contribution in [3.05, 3.63) is 280 Å². The lowest BCUT2D eigenvalue weighted by atomic mass is 10.1. The Labute approximate surface area is 783 Å². The summed E-state index contributed by atoms with van der Waals surface area (Å²) in [6.45, 7) is 7.70. The molecule has 0 spiro atoms. The van der Waals surface area contributed by atoms with Gasteiger partial charge in [-0.2, -0.15) is 20.4 Å². The van der Waals surface area contributed by atoms with Gasteiger partial charge < -0.3 is 71.1 Å². The highest BCUT2D eigenvalue weighted by Crippen LogP contribution is 2.42. The van der Waals surface area contributed by atoms with Crippen LogP contribution in [0.3, 0.4) is 0 Å². The van der Waals surface area contributed by atoms with Crippen molar-refractivity contribution in [3.63, 3.8) is 0 Å². The summed E-state index contributed by atoms with van der Waals surface area (Å²) in [4.78, 5) is 93.1. The number of anilines is 4. The van der Waals surface area contributed by atoms with E-state index in [9.17, 15) is 19.2 Å². The highest BCUT2D eigenvalue weighted by molar-refractivity contribution is 6.02. The van der Waals surface area contributed by atoms with E-state index < -0.39 is 0 Å². The van der Waals surface area contributed by atoms with E-state index in [1.165, 1.54) is 25.3 Å². The Balaban J connectivity index is 0.000000126. The van der Waals surface area contributed by atoms with Gasteiger partial charge in [-0.25, -0.2) is 58.6 Å². The van der Waals surface area contributed by atoms with Gasteiger partial charge in [-0.05, 0) is 204 Å². The summed E-state index contributed by atoms with van der Waals surface area (Å²) < 4.78 is 36.1. The number of carbonyl (C=O) groups excluding carboxylic acids is 4. The fourth-order valence-electron chi connectivity index (χ4n) is 16.7. The lowest BCUT2D eigenvalue weighted by Gasteiger charge is -2.15. The van der Waals surface area contributed by atoms with E-state index in [0.717, 1.165) is 94.7 Å². The Bertz CT molecular complexity index is 7050. The van der Waals surface area contributed by atoms with Crippen molar-refractivity contribution in [3.8, 4) is 103 Å². The minimum atomic E-state index is -0.313. The first-order valence-corrected chi connectivity index (χ1v) is 44.4. The van der Waals surface area contributed by atoms with Crippen LogP contribution in [-0.2, 0) is 23.9 Å². The summed E-state index contributed by atoms with van der Waals surface area (Å²) in [7, 11) is 5.54. The van der Waals surface area contributed by atoms with Gasteiger partial charge in [0.25, 0.3) is 5.91 Å². The molecule has 34 nitrogen and oxygen atoms in total. The maximum absolute atomic E-state index is 12.6. The van der Waals surface area contributed by atoms with Crippen LogP contribution in [0.1, 0.15) is 56.8 Å². The standard InChI is InChI=1S/C27H29N7O2.C26H26N6O3.C25H24N6O2.C24H20N6O2/c1-32(2)15-6-9-23(35)33-16-14-20(17-33)34-27-24(26(28)29-18-30-27)25(31-34)19-10-12-22(13-11-19)36-21-7-4-3-5-8-21;1-34-15-5-8-22(33)31-14-13-19(16-31)32-26-23(25(27)28-17-29-26)24(30-32)18-9-11-21(12-10-18)35-20-6-3-2-4-7-20;1-2-6-21(32)30-14-13-18(15-30)31-25-22(24(26)27-16-28-25)23(29-31)17-9-11-20(12-10-17)33-19-7-4-3-5-8-19;1-2-20(31)29-13-12-17(14-29)30-24-21(23(25)26-15-27-24)22(28-30)16-8-10-19(11-9-16)32-18-6-4-3-5-7-18/h3-13,18,20H,14-17H2,1-2H3,(H2,28,29,30);2-12,17,19H,13-16H2,1H3,(H2,27,28,29);2-12,16,18H,13-15H2,1H3,(H2,26,27,28);1,3-11,15,17H,12-14H2,(H2,25,26,27)/b9-6+;8-5+;6-2+;. The second-order valence-electron chi connectivity index (χ2n) is 32.8. The van der Waals surface area contributed by atoms with Crippen molar-refractivity contribution in [1.82, 2.24) is 103 Å². The molecule has 16 aromatic rings. The third-order valence-corrected chi connectivity index (χ3v) is 23.4. The van der Waals surface area contributed by atoms with E-state index in [0.29, 0.717) is 155 Å². The summed E-state index contributed by atoms with van der Waals surface area (Å²) in [5.74, 6) is 9.31. The minimum Gasteiger partial charge on any atom is -0.457 e. The third-order valence-electron chi connectivity index (χ3n) is 23.4. The molecule has 4 aliphatic heterocycles. The predicted octanol–water partition coefficient (Wildman–Crippen LogP) is 15.1. The third kappa shape index (κ3) is 20.8. The molecule has 8 aromatic carbocycles. The fourth-order valence-corrected chi connectivity index (χ4v) is 16.7. The number of hydrogen-bond acceptors (Lipinski definition) is 26. The minimum absolute atomic E-state index is 0.00226. The van der Waals surface area contributed by atoms with Gasteiger partial charge in [0.15, 0.2) is 22.6 Å². The number of nitrogens with two attached hydrogens (primary N) is 4.